The van der Waals surface area contributed by atoms with Gasteiger partial charge >= 0.3 is 5.97 Å². The van der Waals surface area contributed by atoms with E-state index in [1.165, 1.54) is 5.56 Å². The van der Waals surface area contributed by atoms with Crippen molar-refractivity contribution >= 4 is 23.1 Å². The Balaban J connectivity index is 1.48. The van der Waals surface area contributed by atoms with Crippen LogP contribution in [0.4, 0.5) is 6.01 Å². The molecule has 0 amide bonds. The summed E-state index contributed by atoms with van der Waals surface area (Å²) in [5.41, 5.74) is 4.82. The molecule has 36 heavy (non-hydrogen) atoms. The number of benzene rings is 3. The number of carboxylic acid groups (broad SMARTS) is 1. The molecule has 188 valence electrons. The van der Waals surface area contributed by atoms with Gasteiger partial charge in [-0.05, 0) is 68.1 Å². The van der Waals surface area contributed by atoms with Crippen LogP contribution in [0.3, 0.4) is 0 Å². The number of fused-ring (bicyclic) bond motifs is 1. The first-order valence-corrected chi connectivity index (χ1v) is 12.2. The second-order valence-corrected chi connectivity index (χ2v) is 8.86. The van der Waals surface area contributed by atoms with Gasteiger partial charge in [0.1, 0.15) is 17.0 Å². The summed E-state index contributed by atoms with van der Waals surface area (Å²) in [6.45, 7) is 7.65. The normalized spacial score (nSPS) is 11.9. The van der Waals surface area contributed by atoms with Crippen molar-refractivity contribution in [2.45, 2.75) is 46.3 Å². The van der Waals surface area contributed by atoms with E-state index >= 15 is 0 Å². The molecule has 0 saturated heterocycles. The van der Waals surface area contributed by atoms with E-state index in [1.807, 2.05) is 48.5 Å². The molecule has 1 unspecified atom stereocenters. The number of carbonyl (C=O) groups is 1. The van der Waals surface area contributed by atoms with Gasteiger partial charge in [-0.1, -0.05) is 48.9 Å². The smallest absolute Gasteiger partial charge is 0.344 e. The van der Waals surface area contributed by atoms with Crippen LogP contribution in [-0.4, -0.2) is 35.3 Å². The fraction of sp³-hybridized carbons (Fsp3) is 0.310. The number of rotatable bonds is 12. The topological polar surface area (TPSA) is 85.0 Å². The van der Waals surface area contributed by atoms with Crippen LogP contribution in [-0.2, 0) is 11.3 Å². The van der Waals surface area contributed by atoms with Gasteiger partial charge in [0.2, 0.25) is 0 Å². The largest absolute Gasteiger partial charge is 0.493 e. The van der Waals surface area contributed by atoms with Crippen molar-refractivity contribution in [3.8, 4) is 11.5 Å². The molecule has 0 bridgehead atoms. The van der Waals surface area contributed by atoms with Crippen molar-refractivity contribution in [2.24, 2.45) is 0 Å². The summed E-state index contributed by atoms with van der Waals surface area (Å²) in [5.74, 6) is 0.444. The van der Waals surface area contributed by atoms with E-state index in [9.17, 15) is 9.90 Å². The predicted molar refractivity (Wildman–Crippen MR) is 140 cm³/mol. The molecule has 0 aliphatic carbocycles. The average molecular weight is 489 g/mol. The minimum atomic E-state index is -0.972. The van der Waals surface area contributed by atoms with E-state index in [0.29, 0.717) is 37.9 Å². The van der Waals surface area contributed by atoms with Crippen molar-refractivity contribution in [1.29, 1.82) is 0 Å². The summed E-state index contributed by atoms with van der Waals surface area (Å²) < 4.78 is 17.8. The van der Waals surface area contributed by atoms with Gasteiger partial charge in [0.15, 0.2) is 11.7 Å². The first kappa shape index (κ1) is 25.1. The molecule has 1 N–H and O–H groups in total. The molecule has 3 aromatic carbocycles. The maximum Gasteiger partial charge on any atom is 0.344 e. The molecular formula is C29H32N2O5. The average Bonchev–Trinajstić information content (AvgIpc) is 3.30. The van der Waals surface area contributed by atoms with Gasteiger partial charge in [-0.3, -0.25) is 0 Å². The Hall–Kier alpha value is -4.00. The van der Waals surface area contributed by atoms with Crippen molar-refractivity contribution in [3.05, 3.63) is 83.4 Å². The molecule has 0 aliphatic rings. The summed E-state index contributed by atoms with van der Waals surface area (Å²) in [7, 11) is 0. The van der Waals surface area contributed by atoms with Crippen LogP contribution in [0.15, 0.2) is 71.1 Å². The third-order valence-corrected chi connectivity index (χ3v) is 5.91. The number of oxazole rings is 1. The van der Waals surface area contributed by atoms with Gasteiger partial charge < -0.3 is 23.9 Å². The Morgan fingerprint density at radius 2 is 1.92 bits per heavy atom. The van der Waals surface area contributed by atoms with Gasteiger partial charge in [-0.15, -0.1) is 0 Å². The first-order valence-electron chi connectivity index (χ1n) is 12.2. The summed E-state index contributed by atoms with van der Waals surface area (Å²) in [5, 5.41) is 9.33. The summed E-state index contributed by atoms with van der Waals surface area (Å²) >= 11 is 0. The maximum atomic E-state index is 11.4. The summed E-state index contributed by atoms with van der Waals surface area (Å²) in [6.07, 6.45) is 0.268. The zero-order valence-electron chi connectivity index (χ0n) is 20.9. The fourth-order valence-corrected chi connectivity index (χ4v) is 4.05. The highest BCUT2D eigenvalue weighted by Gasteiger charge is 2.18. The van der Waals surface area contributed by atoms with Crippen LogP contribution in [0, 0.1) is 13.8 Å². The van der Waals surface area contributed by atoms with Crippen LogP contribution in [0.25, 0.3) is 11.1 Å². The lowest BCUT2D eigenvalue weighted by Gasteiger charge is -2.21. The summed E-state index contributed by atoms with van der Waals surface area (Å²) in [6, 6.07) is 21.9. The summed E-state index contributed by atoms with van der Waals surface area (Å²) in [4.78, 5) is 18.1. The van der Waals surface area contributed by atoms with Crippen molar-refractivity contribution in [3.63, 3.8) is 0 Å². The van der Waals surface area contributed by atoms with E-state index in [0.717, 1.165) is 34.4 Å². The monoisotopic (exact) mass is 488 g/mol. The van der Waals surface area contributed by atoms with E-state index in [2.05, 4.69) is 35.9 Å². The van der Waals surface area contributed by atoms with Gasteiger partial charge in [0.05, 0.1) is 6.61 Å². The van der Waals surface area contributed by atoms with Crippen molar-refractivity contribution < 1.29 is 23.8 Å². The SMILES string of the molecule is CCC(Oc1cccc(CN(CCCOc2ccc(C)cc2C)c2nc3ccccc3o2)c1)C(=O)O. The predicted octanol–water partition coefficient (Wildman–Crippen LogP) is 6.16. The Labute approximate surface area is 211 Å². The molecule has 0 spiro atoms. The van der Waals surface area contributed by atoms with E-state index in [4.69, 9.17) is 13.9 Å². The molecule has 1 heterocycles. The fourth-order valence-electron chi connectivity index (χ4n) is 4.05. The molecule has 4 aromatic rings. The molecule has 1 atom stereocenters. The van der Waals surface area contributed by atoms with Gasteiger partial charge in [0, 0.05) is 13.1 Å². The van der Waals surface area contributed by atoms with Crippen LogP contribution in [0.1, 0.15) is 36.5 Å². The highest BCUT2D eigenvalue weighted by Crippen LogP contribution is 2.25. The third kappa shape index (κ3) is 6.36. The highest BCUT2D eigenvalue weighted by molar-refractivity contribution is 5.74. The number of nitrogens with zero attached hydrogens (tertiary/aromatic N) is 2. The van der Waals surface area contributed by atoms with Gasteiger partial charge in [-0.2, -0.15) is 4.98 Å². The number of hydrogen-bond acceptors (Lipinski definition) is 6. The van der Waals surface area contributed by atoms with Crippen LogP contribution in [0.5, 0.6) is 11.5 Å². The molecule has 7 nitrogen and oxygen atoms in total. The number of aryl methyl sites for hydroxylation is 2. The number of para-hydroxylation sites is 2. The number of carboxylic acids is 1. The molecule has 4 rings (SSSR count). The lowest BCUT2D eigenvalue weighted by Crippen LogP contribution is -2.27. The lowest BCUT2D eigenvalue weighted by atomic mass is 10.1. The first-order chi connectivity index (χ1) is 17.4. The third-order valence-electron chi connectivity index (χ3n) is 5.91. The standard InChI is InChI=1S/C29H32N2O5/c1-4-25(28(32)33)35-23-10-7-9-22(18-23)19-31(29-30-24-11-5-6-12-27(24)36-29)15-8-16-34-26-14-13-20(2)17-21(26)3/h5-7,9-14,17-18,25H,4,8,15-16,19H2,1-3H3,(H,32,33). The zero-order valence-corrected chi connectivity index (χ0v) is 20.9. The molecule has 0 aliphatic heterocycles. The van der Waals surface area contributed by atoms with Crippen molar-refractivity contribution in [2.75, 3.05) is 18.1 Å². The molecule has 7 heteroatoms. The minimum Gasteiger partial charge on any atom is -0.493 e. The van der Waals surface area contributed by atoms with Gasteiger partial charge in [-0.25, -0.2) is 4.79 Å². The molecular weight excluding hydrogens is 456 g/mol. The number of hydrogen-bond donors (Lipinski definition) is 1. The van der Waals surface area contributed by atoms with Crippen molar-refractivity contribution in [1.82, 2.24) is 4.98 Å². The Kier molecular flexibility index (Phi) is 8.10. The second-order valence-electron chi connectivity index (χ2n) is 8.86. The highest BCUT2D eigenvalue weighted by atomic mass is 16.5. The number of aromatic nitrogens is 1. The molecule has 1 aromatic heterocycles. The van der Waals surface area contributed by atoms with E-state index in [1.54, 1.807) is 13.0 Å². The molecule has 0 saturated carbocycles. The zero-order chi connectivity index (χ0) is 25.5. The van der Waals surface area contributed by atoms with E-state index in [-0.39, 0.29) is 0 Å². The Morgan fingerprint density at radius 3 is 2.67 bits per heavy atom. The van der Waals surface area contributed by atoms with Gasteiger partial charge in [0.25, 0.3) is 6.01 Å². The van der Waals surface area contributed by atoms with Crippen LogP contribution in [0.2, 0.25) is 0 Å². The Morgan fingerprint density at radius 1 is 1.08 bits per heavy atom. The van der Waals surface area contributed by atoms with Crippen LogP contribution >= 0.6 is 0 Å². The minimum absolute atomic E-state index is 0.384. The van der Waals surface area contributed by atoms with Crippen LogP contribution < -0.4 is 14.4 Å². The maximum absolute atomic E-state index is 11.4. The molecule has 0 fully saturated rings. The second kappa shape index (κ2) is 11.6. The van der Waals surface area contributed by atoms with E-state index < -0.39 is 12.1 Å². The number of aliphatic carboxylic acids is 1. The number of anilines is 1. The number of ether oxygens (including phenoxy) is 2. The Bertz CT molecular complexity index is 1280. The quantitative estimate of drug-likeness (QED) is 0.239. The molecule has 0 radical (unpaired) electrons. The lowest BCUT2D eigenvalue weighted by molar-refractivity contribution is -0.145.